The first kappa shape index (κ1) is 21.0. The minimum Gasteiger partial charge on any atom is -0.486 e. The summed E-state index contributed by atoms with van der Waals surface area (Å²) in [4.78, 5) is 13.0. The third-order valence-corrected chi connectivity index (χ3v) is 6.04. The molecule has 0 saturated heterocycles. The summed E-state index contributed by atoms with van der Waals surface area (Å²) >= 11 is 0. The zero-order chi connectivity index (χ0) is 21.0. The Hall–Kier alpha value is -2.74. The summed E-state index contributed by atoms with van der Waals surface area (Å²) < 4.78 is 37.3. The van der Waals surface area contributed by atoms with Gasteiger partial charge in [0.15, 0.2) is 11.5 Å². The molecule has 8 heteroatoms. The molecule has 29 heavy (non-hydrogen) atoms. The van der Waals surface area contributed by atoms with E-state index in [1.165, 1.54) is 0 Å². The number of fused-ring (bicyclic) bond motifs is 1. The number of carbonyl (C=O) groups is 1. The summed E-state index contributed by atoms with van der Waals surface area (Å²) in [6.07, 6.45) is 1.77. The van der Waals surface area contributed by atoms with Crippen LogP contribution in [0.15, 0.2) is 48.5 Å². The number of benzene rings is 2. The molecule has 2 atom stereocenters. The van der Waals surface area contributed by atoms with Gasteiger partial charge < -0.3 is 14.8 Å². The first-order valence-electron chi connectivity index (χ1n) is 9.55. The van der Waals surface area contributed by atoms with E-state index in [-0.39, 0.29) is 11.9 Å². The SMILES string of the molecule is CC[C@@H](NC(=O)[C@@H](C)N(c1ccc2c(c1)OCCO2)S(C)(=O)=O)c1ccccc1. The molecule has 1 aliphatic rings. The Bertz CT molecular complexity index is 962. The van der Waals surface area contributed by atoms with Crippen molar-refractivity contribution in [3.05, 3.63) is 54.1 Å². The molecule has 3 rings (SSSR count). The first-order chi connectivity index (χ1) is 13.8. The lowest BCUT2D eigenvalue weighted by atomic mass is 10.0. The molecule has 0 radical (unpaired) electrons. The van der Waals surface area contributed by atoms with Gasteiger partial charge in [-0.2, -0.15) is 0 Å². The standard InChI is InChI=1S/C21H26N2O5S/c1-4-18(16-8-6-5-7-9-16)22-21(24)15(2)23(29(3,25)26)17-10-11-19-20(14-17)28-13-12-27-19/h5-11,14-15,18H,4,12-13H2,1-3H3,(H,22,24)/t15-,18-/m1/s1. The minimum absolute atomic E-state index is 0.201. The Kier molecular flexibility index (Phi) is 6.32. The van der Waals surface area contributed by atoms with Crippen LogP contribution in [0.3, 0.4) is 0 Å². The van der Waals surface area contributed by atoms with Crippen molar-refractivity contribution in [1.82, 2.24) is 5.32 Å². The van der Waals surface area contributed by atoms with E-state index in [0.29, 0.717) is 36.8 Å². The predicted octanol–water partition coefficient (Wildman–Crippen LogP) is 2.88. The molecule has 0 fully saturated rings. The number of hydrogen-bond acceptors (Lipinski definition) is 5. The van der Waals surface area contributed by atoms with Gasteiger partial charge in [0.05, 0.1) is 18.0 Å². The molecule has 1 amide bonds. The molecule has 0 spiro atoms. The van der Waals surface area contributed by atoms with E-state index in [1.807, 2.05) is 37.3 Å². The highest BCUT2D eigenvalue weighted by Gasteiger charge is 2.31. The number of sulfonamides is 1. The smallest absolute Gasteiger partial charge is 0.244 e. The van der Waals surface area contributed by atoms with E-state index < -0.39 is 16.1 Å². The number of nitrogens with zero attached hydrogens (tertiary/aromatic N) is 1. The first-order valence-corrected chi connectivity index (χ1v) is 11.4. The van der Waals surface area contributed by atoms with E-state index in [2.05, 4.69) is 5.32 Å². The normalized spacial score (nSPS) is 15.3. The van der Waals surface area contributed by atoms with Gasteiger partial charge in [-0.25, -0.2) is 8.42 Å². The Morgan fingerprint density at radius 2 is 1.76 bits per heavy atom. The molecule has 0 unspecified atom stereocenters. The lowest BCUT2D eigenvalue weighted by molar-refractivity contribution is -0.122. The molecular weight excluding hydrogens is 392 g/mol. The maximum atomic E-state index is 13.0. The van der Waals surface area contributed by atoms with E-state index in [9.17, 15) is 13.2 Å². The molecule has 1 N–H and O–H groups in total. The second-order valence-corrected chi connectivity index (χ2v) is 8.80. The van der Waals surface area contributed by atoms with E-state index in [1.54, 1.807) is 25.1 Å². The molecule has 2 aromatic rings. The third kappa shape index (κ3) is 4.82. The predicted molar refractivity (Wildman–Crippen MR) is 112 cm³/mol. The van der Waals surface area contributed by atoms with Crippen LogP contribution in [0.1, 0.15) is 31.9 Å². The molecule has 0 aliphatic carbocycles. The fourth-order valence-electron chi connectivity index (χ4n) is 3.38. The second-order valence-electron chi connectivity index (χ2n) is 6.94. The number of rotatable bonds is 7. The number of amides is 1. The maximum Gasteiger partial charge on any atom is 0.244 e. The summed E-state index contributed by atoms with van der Waals surface area (Å²) in [6.45, 7) is 4.38. The van der Waals surface area contributed by atoms with Gasteiger partial charge in [-0.1, -0.05) is 37.3 Å². The van der Waals surface area contributed by atoms with Crippen molar-refractivity contribution in [3.63, 3.8) is 0 Å². The molecule has 156 valence electrons. The Morgan fingerprint density at radius 3 is 2.38 bits per heavy atom. The average Bonchev–Trinajstić information content (AvgIpc) is 2.71. The summed E-state index contributed by atoms with van der Waals surface area (Å²) in [5.41, 5.74) is 1.33. The summed E-state index contributed by atoms with van der Waals surface area (Å²) in [5, 5.41) is 2.97. The fraction of sp³-hybridized carbons (Fsp3) is 0.381. The van der Waals surface area contributed by atoms with Crippen LogP contribution in [0, 0.1) is 0 Å². The lowest BCUT2D eigenvalue weighted by Crippen LogP contribution is -2.48. The molecule has 1 aliphatic heterocycles. The highest BCUT2D eigenvalue weighted by molar-refractivity contribution is 7.92. The van der Waals surface area contributed by atoms with Crippen molar-refractivity contribution in [2.45, 2.75) is 32.4 Å². The number of ether oxygens (including phenoxy) is 2. The van der Waals surface area contributed by atoms with Crippen molar-refractivity contribution >= 4 is 21.6 Å². The van der Waals surface area contributed by atoms with Crippen LogP contribution in [0.5, 0.6) is 11.5 Å². The average molecular weight is 419 g/mol. The van der Waals surface area contributed by atoms with Crippen molar-refractivity contribution in [2.75, 3.05) is 23.8 Å². The van der Waals surface area contributed by atoms with Gasteiger partial charge in [0, 0.05) is 6.07 Å². The van der Waals surface area contributed by atoms with Crippen molar-refractivity contribution in [2.24, 2.45) is 0 Å². The summed E-state index contributed by atoms with van der Waals surface area (Å²) in [6, 6.07) is 13.3. The Balaban J connectivity index is 1.86. The van der Waals surface area contributed by atoms with Gasteiger partial charge in [0.2, 0.25) is 15.9 Å². The summed E-state index contributed by atoms with van der Waals surface area (Å²) in [7, 11) is -3.72. The van der Waals surface area contributed by atoms with Crippen molar-refractivity contribution in [1.29, 1.82) is 0 Å². The van der Waals surface area contributed by atoms with Gasteiger partial charge in [0.25, 0.3) is 0 Å². The lowest BCUT2D eigenvalue weighted by Gasteiger charge is -2.30. The Morgan fingerprint density at radius 1 is 1.10 bits per heavy atom. The second kappa shape index (κ2) is 8.73. The zero-order valence-electron chi connectivity index (χ0n) is 16.8. The van der Waals surface area contributed by atoms with Gasteiger partial charge in [-0.3, -0.25) is 9.10 Å². The minimum atomic E-state index is -3.72. The largest absolute Gasteiger partial charge is 0.486 e. The van der Waals surface area contributed by atoms with E-state index in [4.69, 9.17) is 9.47 Å². The van der Waals surface area contributed by atoms with Crippen LogP contribution < -0.4 is 19.1 Å². The highest BCUT2D eigenvalue weighted by Crippen LogP contribution is 2.35. The molecule has 0 aromatic heterocycles. The number of carbonyl (C=O) groups excluding carboxylic acids is 1. The van der Waals surface area contributed by atoms with Gasteiger partial charge in [-0.05, 0) is 31.0 Å². The maximum absolute atomic E-state index is 13.0. The van der Waals surface area contributed by atoms with Crippen LogP contribution in [-0.4, -0.2) is 39.8 Å². The molecular formula is C21H26N2O5S. The van der Waals surface area contributed by atoms with Gasteiger partial charge in [0.1, 0.15) is 19.3 Å². The molecule has 0 saturated carbocycles. The van der Waals surface area contributed by atoms with Gasteiger partial charge >= 0.3 is 0 Å². The number of hydrogen-bond donors (Lipinski definition) is 1. The van der Waals surface area contributed by atoms with Crippen molar-refractivity contribution in [3.8, 4) is 11.5 Å². The van der Waals surface area contributed by atoms with Crippen LogP contribution >= 0.6 is 0 Å². The van der Waals surface area contributed by atoms with E-state index in [0.717, 1.165) is 16.1 Å². The van der Waals surface area contributed by atoms with Crippen molar-refractivity contribution < 1.29 is 22.7 Å². The van der Waals surface area contributed by atoms with Crippen LogP contribution in [0.2, 0.25) is 0 Å². The molecule has 1 heterocycles. The third-order valence-electron chi connectivity index (χ3n) is 4.80. The number of nitrogens with one attached hydrogen (secondary N) is 1. The Labute approximate surface area is 171 Å². The van der Waals surface area contributed by atoms with Gasteiger partial charge in [-0.15, -0.1) is 0 Å². The topological polar surface area (TPSA) is 84.9 Å². The quantitative estimate of drug-likeness (QED) is 0.747. The molecule has 7 nitrogen and oxygen atoms in total. The number of anilines is 1. The summed E-state index contributed by atoms with van der Waals surface area (Å²) in [5.74, 6) is 0.646. The molecule has 0 bridgehead atoms. The highest BCUT2D eigenvalue weighted by atomic mass is 32.2. The van der Waals surface area contributed by atoms with Crippen LogP contribution in [0.25, 0.3) is 0 Å². The fourth-order valence-corrected chi connectivity index (χ4v) is 4.54. The van der Waals surface area contributed by atoms with E-state index >= 15 is 0 Å². The monoisotopic (exact) mass is 418 g/mol. The zero-order valence-corrected chi connectivity index (χ0v) is 17.6. The van der Waals surface area contributed by atoms with Crippen LogP contribution in [0.4, 0.5) is 5.69 Å². The molecule has 2 aromatic carbocycles. The van der Waals surface area contributed by atoms with Crippen LogP contribution in [-0.2, 0) is 14.8 Å².